The summed E-state index contributed by atoms with van der Waals surface area (Å²) in [7, 11) is 0. The van der Waals surface area contributed by atoms with Crippen LogP contribution in [0, 0.1) is 11.3 Å². The number of esters is 1. The second kappa shape index (κ2) is 10.4. The molecule has 1 heterocycles. The van der Waals surface area contributed by atoms with E-state index in [2.05, 4.69) is 18.8 Å². The fraction of sp³-hybridized carbons (Fsp3) is 0.682. The Bertz CT molecular complexity index is 628. The van der Waals surface area contributed by atoms with Gasteiger partial charge in [0.2, 0.25) is 11.8 Å². The highest BCUT2D eigenvalue weighted by Gasteiger charge is 2.61. The lowest BCUT2D eigenvalue weighted by atomic mass is 9.69. The van der Waals surface area contributed by atoms with Gasteiger partial charge < -0.3 is 15.0 Å². The SMILES string of the molecule is C=CCN1C(=O)[C@@H](CC(=O)NCCCC)[C@]2(C(=O)OCC)CCCCC/C=C/12. The van der Waals surface area contributed by atoms with Gasteiger partial charge in [-0.05, 0) is 32.6 Å². The van der Waals surface area contributed by atoms with Gasteiger partial charge in [-0.2, -0.15) is 0 Å². The van der Waals surface area contributed by atoms with Crippen LogP contribution >= 0.6 is 0 Å². The van der Waals surface area contributed by atoms with Gasteiger partial charge >= 0.3 is 5.97 Å². The van der Waals surface area contributed by atoms with Gasteiger partial charge in [0.25, 0.3) is 0 Å². The fourth-order valence-corrected chi connectivity index (χ4v) is 4.35. The van der Waals surface area contributed by atoms with E-state index in [1.165, 1.54) is 0 Å². The highest BCUT2D eigenvalue weighted by atomic mass is 16.5. The summed E-state index contributed by atoms with van der Waals surface area (Å²) in [4.78, 5) is 40.7. The monoisotopic (exact) mass is 390 g/mol. The van der Waals surface area contributed by atoms with Gasteiger partial charge in [-0.15, -0.1) is 6.58 Å². The van der Waals surface area contributed by atoms with E-state index in [1.807, 2.05) is 6.08 Å². The Morgan fingerprint density at radius 3 is 2.82 bits per heavy atom. The Hall–Kier alpha value is -2.11. The molecule has 0 spiro atoms. The first-order valence-corrected chi connectivity index (χ1v) is 10.6. The van der Waals surface area contributed by atoms with Gasteiger partial charge in [-0.3, -0.25) is 14.4 Å². The van der Waals surface area contributed by atoms with Crippen molar-refractivity contribution < 1.29 is 19.1 Å². The third-order valence-electron chi connectivity index (χ3n) is 5.71. The summed E-state index contributed by atoms with van der Waals surface area (Å²) < 4.78 is 5.45. The number of amides is 2. The minimum absolute atomic E-state index is 0.00629. The Kier molecular flexibility index (Phi) is 8.27. The minimum Gasteiger partial charge on any atom is -0.465 e. The van der Waals surface area contributed by atoms with E-state index in [0.717, 1.165) is 38.5 Å². The van der Waals surface area contributed by atoms with Crippen LogP contribution in [0.25, 0.3) is 0 Å². The number of carbonyl (C=O) groups excluding carboxylic acids is 3. The van der Waals surface area contributed by atoms with Crippen LogP contribution < -0.4 is 5.32 Å². The summed E-state index contributed by atoms with van der Waals surface area (Å²) in [6, 6.07) is 0. The van der Waals surface area contributed by atoms with Crippen LogP contribution in [0.4, 0.5) is 0 Å². The van der Waals surface area contributed by atoms with E-state index in [9.17, 15) is 14.4 Å². The summed E-state index contributed by atoms with van der Waals surface area (Å²) in [5, 5.41) is 2.89. The molecule has 2 aliphatic rings. The third kappa shape index (κ3) is 4.47. The number of hydrogen-bond acceptors (Lipinski definition) is 4. The molecule has 1 aliphatic carbocycles. The number of likely N-dealkylation sites (tertiary alicyclic amines) is 1. The van der Waals surface area contributed by atoms with Crippen molar-refractivity contribution in [2.45, 2.75) is 65.2 Å². The number of rotatable bonds is 9. The molecule has 1 fully saturated rings. The molecule has 1 aliphatic heterocycles. The van der Waals surface area contributed by atoms with Crippen molar-refractivity contribution in [1.29, 1.82) is 0 Å². The van der Waals surface area contributed by atoms with Crippen molar-refractivity contribution >= 4 is 17.8 Å². The minimum atomic E-state index is -1.07. The molecule has 0 unspecified atom stereocenters. The molecular formula is C22H34N2O4. The summed E-state index contributed by atoms with van der Waals surface area (Å²) in [6.07, 6.45) is 9.75. The Labute approximate surface area is 168 Å². The molecule has 156 valence electrons. The van der Waals surface area contributed by atoms with E-state index in [1.54, 1.807) is 17.9 Å². The Balaban J connectivity index is 2.43. The third-order valence-corrected chi connectivity index (χ3v) is 5.71. The highest BCUT2D eigenvalue weighted by molar-refractivity contribution is 5.98. The average molecular weight is 391 g/mol. The quantitative estimate of drug-likeness (QED) is 0.372. The molecule has 0 aromatic heterocycles. The predicted octanol–water partition coefficient (Wildman–Crippen LogP) is 3.33. The van der Waals surface area contributed by atoms with E-state index >= 15 is 0 Å². The molecule has 2 atom stereocenters. The lowest BCUT2D eigenvalue weighted by Gasteiger charge is -2.34. The zero-order valence-corrected chi connectivity index (χ0v) is 17.3. The zero-order chi connectivity index (χ0) is 20.6. The second-order valence-corrected chi connectivity index (χ2v) is 7.58. The standard InChI is InChI=1S/C22H34N2O4/c1-4-7-14-23-19(25)16-17-20(26)24(15-5-2)18-12-10-8-9-11-13-22(17,18)21(27)28-6-3/h5,12,17H,2,4,6-11,13-16H2,1,3H3,(H,23,25)/b18-12+/t17-,22-/m1/s1. The predicted molar refractivity (Wildman–Crippen MR) is 108 cm³/mol. The summed E-state index contributed by atoms with van der Waals surface area (Å²) in [5.74, 6) is -1.46. The van der Waals surface area contributed by atoms with Crippen molar-refractivity contribution in [3.05, 3.63) is 24.4 Å². The van der Waals surface area contributed by atoms with Crippen molar-refractivity contribution in [2.24, 2.45) is 11.3 Å². The molecule has 0 aromatic rings. The van der Waals surface area contributed by atoms with Gasteiger partial charge in [-0.25, -0.2) is 0 Å². The number of carbonyl (C=O) groups is 3. The van der Waals surface area contributed by atoms with Gasteiger partial charge in [-0.1, -0.05) is 38.3 Å². The normalized spacial score (nSPS) is 26.5. The average Bonchev–Trinajstić information content (AvgIpc) is 2.85. The van der Waals surface area contributed by atoms with Gasteiger partial charge in [0.05, 0.1) is 12.5 Å². The number of ether oxygens (including phenoxy) is 1. The summed E-state index contributed by atoms with van der Waals surface area (Å²) in [5.41, 5.74) is -0.361. The first-order chi connectivity index (χ1) is 13.5. The smallest absolute Gasteiger partial charge is 0.318 e. The number of nitrogens with zero attached hydrogens (tertiary/aromatic N) is 1. The van der Waals surface area contributed by atoms with Gasteiger partial charge in [0.1, 0.15) is 5.41 Å². The number of allylic oxidation sites excluding steroid dienone is 1. The largest absolute Gasteiger partial charge is 0.465 e. The Morgan fingerprint density at radius 2 is 2.14 bits per heavy atom. The van der Waals surface area contributed by atoms with Crippen molar-refractivity contribution in [1.82, 2.24) is 10.2 Å². The number of hydrogen-bond donors (Lipinski definition) is 1. The molecule has 0 radical (unpaired) electrons. The second-order valence-electron chi connectivity index (χ2n) is 7.58. The maximum absolute atomic E-state index is 13.3. The molecule has 6 nitrogen and oxygen atoms in total. The van der Waals surface area contributed by atoms with Crippen LogP contribution in [0.3, 0.4) is 0 Å². The first-order valence-electron chi connectivity index (χ1n) is 10.6. The molecule has 6 heteroatoms. The molecule has 0 bridgehead atoms. The molecule has 1 saturated heterocycles. The van der Waals surface area contributed by atoms with Gasteiger partial charge in [0.15, 0.2) is 0 Å². The fourth-order valence-electron chi connectivity index (χ4n) is 4.35. The van der Waals surface area contributed by atoms with E-state index < -0.39 is 11.3 Å². The van der Waals surface area contributed by atoms with Crippen LogP contribution in [-0.4, -0.2) is 42.4 Å². The molecule has 2 rings (SSSR count). The molecule has 2 amide bonds. The molecule has 0 aromatic carbocycles. The lowest BCUT2D eigenvalue weighted by Crippen LogP contribution is -2.42. The van der Waals surface area contributed by atoms with Crippen LogP contribution in [0.5, 0.6) is 0 Å². The van der Waals surface area contributed by atoms with Crippen LogP contribution in [0.1, 0.15) is 65.2 Å². The number of fused-ring (bicyclic) bond motifs is 1. The van der Waals surface area contributed by atoms with Crippen LogP contribution in [0.2, 0.25) is 0 Å². The molecule has 0 saturated carbocycles. The maximum atomic E-state index is 13.3. The van der Waals surface area contributed by atoms with E-state index in [4.69, 9.17) is 4.74 Å². The summed E-state index contributed by atoms with van der Waals surface area (Å²) in [6.45, 7) is 8.75. The van der Waals surface area contributed by atoms with Crippen molar-refractivity contribution in [2.75, 3.05) is 19.7 Å². The number of unbranched alkanes of at least 4 members (excludes halogenated alkanes) is 1. The van der Waals surface area contributed by atoms with Crippen LogP contribution in [-0.2, 0) is 19.1 Å². The lowest BCUT2D eigenvalue weighted by molar-refractivity contribution is -0.158. The topological polar surface area (TPSA) is 75.7 Å². The molecular weight excluding hydrogens is 356 g/mol. The molecule has 28 heavy (non-hydrogen) atoms. The van der Waals surface area contributed by atoms with E-state index in [0.29, 0.717) is 25.2 Å². The van der Waals surface area contributed by atoms with Crippen molar-refractivity contribution in [3.63, 3.8) is 0 Å². The summed E-state index contributed by atoms with van der Waals surface area (Å²) >= 11 is 0. The zero-order valence-electron chi connectivity index (χ0n) is 17.3. The first kappa shape index (κ1) is 22.2. The maximum Gasteiger partial charge on any atom is 0.318 e. The van der Waals surface area contributed by atoms with E-state index in [-0.39, 0.29) is 30.8 Å². The number of nitrogens with one attached hydrogen (secondary N) is 1. The van der Waals surface area contributed by atoms with Crippen LogP contribution in [0.15, 0.2) is 24.4 Å². The Morgan fingerprint density at radius 1 is 1.36 bits per heavy atom. The molecule has 1 N–H and O–H groups in total. The van der Waals surface area contributed by atoms with Gasteiger partial charge in [0, 0.05) is 25.2 Å². The highest BCUT2D eigenvalue weighted by Crippen LogP contribution is 2.52. The van der Waals surface area contributed by atoms with Crippen molar-refractivity contribution in [3.8, 4) is 0 Å².